The van der Waals surface area contributed by atoms with Crippen LogP contribution < -0.4 is 5.32 Å². The Bertz CT molecular complexity index is 73.5. The van der Waals surface area contributed by atoms with Gasteiger partial charge >= 0.3 is 0 Å². The van der Waals surface area contributed by atoms with Gasteiger partial charge in [-0.2, -0.15) is 0 Å². The number of hydrogen-bond donors (Lipinski definition) is 2. The zero-order chi connectivity index (χ0) is 6.53. The minimum absolute atomic E-state index is 0.278. The van der Waals surface area contributed by atoms with Crippen molar-refractivity contribution >= 4 is 0 Å². The van der Waals surface area contributed by atoms with Gasteiger partial charge in [0.1, 0.15) is 0 Å². The maximum absolute atomic E-state index is 8.40. The van der Waals surface area contributed by atoms with Crippen LogP contribution in [0.25, 0.3) is 0 Å². The van der Waals surface area contributed by atoms with E-state index in [0.717, 1.165) is 26.2 Å². The molecule has 0 radical (unpaired) electrons. The van der Waals surface area contributed by atoms with Gasteiger partial charge in [0.2, 0.25) is 0 Å². The third-order valence-electron chi connectivity index (χ3n) is 1.41. The summed E-state index contributed by atoms with van der Waals surface area (Å²) in [6.07, 6.45) is 0.844. The Morgan fingerprint density at radius 2 is 2.33 bits per heavy atom. The van der Waals surface area contributed by atoms with E-state index in [1.54, 1.807) is 0 Å². The summed E-state index contributed by atoms with van der Waals surface area (Å²) in [5, 5.41) is 11.6. The van der Waals surface area contributed by atoms with Crippen LogP contribution in [0, 0.1) is 0 Å². The molecule has 1 heterocycles. The Balaban J connectivity index is 1.80. The van der Waals surface area contributed by atoms with Crippen molar-refractivity contribution in [3.63, 3.8) is 0 Å². The molecule has 0 aromatic heterocycles. The van der Waals surface area contributed by atoms with Crippen molar-refractivity contribution in [1.29, 1.82) is 0 Å². The highest BCUT2D eigenvalue weighted by Crippen LogP contribution is 1.98. The first kappa shape index (κ1) is 6.99. The molecule has 0 spiro atoms. The zero-order valence-corrected chi connectivity index (χ0v) is 5.47. The van der Waals surface area contributed by atoms with Gasteiger partial charge in [-0.1, -0.05) is 0 Å². The minimum Gasteiger partial charge on any atom is -0.396 e. The molecular weight excluding hydrogens is 118 g/mol. The number of hydrogen-bond acceptors (Lipinski definition) is 3. The van der Waals surface area contributed by atoms with E-state index in [2.05, 4.69) is 5.32 Å². The molecule has 3 nitrogen and oxygen atoms in total. The van der Waals surface area contributed by atoms with Crippen molar-refractivity contribution in [2.75, 3.05) is 26.4 Å². The summed E-state index contributed by atoms with van der Waals surface area (Å²) in [6.45, 7) is 2.86. The first-order chi connectivity index (χ1) is 4.43. The molecule has 3 heteroatoms. The molecule has 1 rings (SSSR count). The summed E-state index contributed by atoms with van der Waals surface area (Å²) < 4.78 is 4.94. The fourth-order valence-corrected chi connectivity index (χ4v) is 0.739. The van der Waals surface area contributed by atoms with Gasteiger partial charge in [-0.05, 0) is 13.0 Å². The highest BCUT2D eigenvalue weighted by molar-refractivity contribution is 4.71. The van der Waals surface area contributed by atoms with E-state index in [1.807, 2.05) is 0 Å². The number of rotatable bonds is 4. The molecule has 1 saturated heterocycles. The summed E-state index contributed by atoms with van der Waals surface area (Å²) in [5.74, 6) is 0. The van der Waals surface area contributed by atoms with E-state index in [9.17, 15) is 0 Å². The van der Waals surface area contributed by atoms with Gasteiger partial charge in [0.15, 0.2) is 0 Å². The molecule has 0 aromatic carbocycles. The molecule has 0 aromatic rings. The summed E-state index contributed by atoms with van der Waals surface area (Å²) >= 11 is 0. The van der Waals surface area contributed by atoms with Crippen LogP contribution in [0.1, 0.15) is 6.42 Å². The summed E-state index contributed by atoms with van der Waals surface area (Å²) in [4.78, 5) is 0. The van der Waals surface area contributed by atoms with E-state index < -0.39 is 0 Å². The predicted molar refractivity (Wildman–Crippen MR) is 34.3 cm³/mol. The summed E-state index contributed by atoms with van der Waals surface area (Å²) in [7, 11) is 0. The second kappa shape index (κ2) is 3.82. The highest BCUT2D eigenvalue weighted by Gasteiger charge is 2.15. The molecule has 1 fully saturated rings. The van der Waals surface area contributed by atoms with Gasteiger partial charge < -0.3 is 15.2 Å². The average Bonchev–Trinajstić information content (AvgIpc) is 1.76. The van der Waals surface area contributed by atoms with Crippen LogP contribution in [0.5, 0.6) is 0 Å². The van der Waals surface area contributed by atoms with Crippen LogP contribution in [0.15, 0.2) is 0 Å². The third-order valence-corrected chi connectivity index (χ3v) is 1.41. The highest BCUT2D eigenvalue weighted by atomic mass is 16.5. The zero-order valence-electron chi connectivity index (χ0n) is 5.47. The standard InChI is InChI=1S/C6H13NO2/c8-3-1-2-7-6-4-9-5-6/h6-8H,1-5H2. The Kier molecular flexibility index (Phi) is 2.97. The van der Waals surface area contributed by atoms with E-state index in [1.165, 1.54) is 0 Å². The van der Waals surface area contributed by atoms with Gasteiger partial charge in [-0.25, -0.2) is 0 Å². The molecule has 0 bridgehead atoms. The van der Waals surface area contributed by atoms with E-state index in [0.29, 0.717) is 6.04 Å². The van der Waals surface area contributed by atoms with Crippen LogP contribution >= 0.6 is 0 Å². The molecule has 1 aliphatic rings. The Labute approximate surface area is 55.0 Å². The molecule has 0 unspecified atom stereocenters. The molecule has 54 valence electrons. The van der Waals surface area contributed by atoms with Gasteiger partial charge in [-0.15, -0.1) is 0 Å². The fraction of sp³-hybridized carbons (Fsp3) is 1.00. The molecule has 0 aliphatic carbocycles. The van der Waals surface area contributed by atoms with Crippen LogP contribution in [-0.2, 0) is 4.74 Å². The molecular formula is C6H13NO2. The second-order valence-corrected chi connectivity index (χ2v) is 2.27. The van der Waals surface area contributed by atoms with Gasteiger partial charge in [0.05, 0.1) is 19.3 Å². The van der Waals surface area contributed by atoms with E-state index in [-0.39, 0.29) is 6.61 Å². The number of aliphatic hydroxyl groups excluding tert-OH is 1. The third kappa shape index (κ3) is 2.30. The molecule has 0 atom stereocenters. The quantitative estimate of drug-likeness (QED) is 0.498. The molecule has 0 saturated carbocycles. The van der Waals surface area contributed by atoms with Crippen molar-refractivity contribution in [2.24, 2.45) is 0 Å². The van der Waals surface area contributed by atoms with Gasteiger partial charge in [0, 0.05) is 6.61 Å². The number of nitrogens with one attached hydrogen (secondary N) is 1. The Morgan fingerprint density at radius 3 is 2.78 bits per heavy atom. The largest absolute Gasteiger partial charge is 0.396 e. The van der Waals surface area contributed by atoms with Crippen molar-refractivity contribution in [3.05, 3.63) is 0 Å². The van der Waals surface area contributed by atoms with E-state index >= 15 is 0 Å². The minimum atomic E-state index is 0.278. The summed E-state index contributed by atoms with van der Waals surface area (Å²) in [5.41, 5.74) is 0. The lowest BCUT2D eigenvalue weighted by Crippen LogP contribution is -2.46. The molecule has 1 aliphatic heterocycles. The van der Waals surface area contributed by atoms with Crippen molar-refractivity contribution in [2.45, 2.75) is 12.5 Å². The van der Waals surface area contributed by atoms with Crippen molar-refractivity contribution < 1.29 is 9.84 Å². The van der Waals surface area contributed by atoms with Crippen LogP contribution in [0.4, 0.5) is 0 Å². The monoisotopic (exact) mass is 131 g/mol. The Hall–Kier alpha value is -0.120. The second-order valence-electron chi connectivity index (χ2n) is 2.27. The van der Waals surface area contributed by atoms with E-state index in [4.69, 9.17) is 9.84 Å². The molecule has 2 N–H and O–H groups in total. The molecule has 9 heavy (non-hydrogen) atoms. The van der Waals surface area contributed by atoms with Gasteiger partial charge in [-0.3, -0.25) is 0 Å². The number of ether oxygens (including phenoxy) is 1. The first-order valence-corrected chi connectivity index (χ1v) is 3.35. The van der Waals surface area contributed by atoms with Crippen LogP contribution in [-0.4, -0.2) is 37.5 Å². The fourth-order valence-electron chi connectivity index (χ4n) is 0.739. The number of aliphatic hydroxyl groups is 1. The van der Waals surface area contributed by atoms with Crippen LogP contribution in [0.2, 0.25) is 0 Å². The summed E-state index contributed by atoms with van der Waals surface area (Å²) in [6, 6.07) is 0.552. The SMILES string of the molecule is OCCCNC1COC1. The van der Waals surface area contributed by atoms with Crippen molar-refractivity contribution in [1.82, 2.24) is 5.32 Å². The van der Waals surface area contributed by atoms with Gasteiger partial charge in [0.25, 0.3) is 0 Å². The molecule has 0 amide bonds. The lowest BCUT2D eigenvalue weighted by Gasteiger charge is -2.26. The Morgan fingerprint density at radius 1 is 1.56 bits per heavy atom. The van der Waals surface area contributed by atoms with Crippen LogP contribution in [0.3, 0.4) is 0 Å². The maximum atomic E-state index is 8.40. The lowest BCUT2D eigenvalue weighted by atomic mass is 10.2. The predicted octanol–water partition coefficient (Wildman–Crippen LogP) is -0.643. The maximum Gasteiger partial charge on any atom is 0.0643 e. The lowest BCUT2D eigenvalue weighted by molar-refractivity contribution is -0.00531. The average molecular weight is 131 g/mol. The smallest absolute Gasteiger partial charge is 0.0643 e. The topological polar surface area (TPSA) is 41.5 Å². The normalized spacial score (nSPS) is 19.7. The van der Waals surface area contributed by atoms with Crippen molar-refractivity contribution in [3.8, 4) is 0 Å². The first-order valence-electron chi connectivity index (χ1n) is 3.35.